The highest BCUT2D eigenvalue weighted by molar-refractivity contribution is 6.30. The second-order valence-corrected chi connectivity index (χ2v) is 4.70. The summed E-state index contributed by atoms with van der Waals surface area (Å²) in [6.45, 7) is 5.87. The Kier molecular flexibility index (Phi) is 4.45. The average molecular weight is 280 g/mol. The van der Waals surface area contributed by atoms with E-state index in [1.54, 1.807) is 7.11 Å². The summed E-state index contributed by atoms with van der Waals surface area (Å²) in [6.07, 6.45) is 1.87. The third kappa shape index (κ3) is 2.91. The van der Waals surface area contributed by atoms with Crippen LogP contribution in [0.1, 0.15) is 18.2 Å². The first-order chi connectivity index (χ1) is 9.17. The Balaban J connectivity index is 2.41. The van der Waals surface area contributed by atoms with Gasteiger partial charge in [0.2, 0.25) is 0 Å². The van der Waals surface area contributed by atoms with Gasteiger partial charge in [0.05, 0.1) is 13.3 Å². The highest BCUT2D eigenvalue weighted by Crippen LogP contribution is 2.27. The second-order valence-electron chi connectivity index (χ2n) is 4.26. The molecule has 4 nitrogen and oxygen atoms in total. The van der Waals surface area contributed by atoms with Crippen LogP contribution in [0.5, 0.6) is 5.75 Å². The summed E-state index contributed by atoms with van der Waals surface area (Å²) in [5.41, 5.74) is 3.11. The number of hydrogen-bond acceptors (Lipinski definition) is 3. The third-order valence-electron chi connectivity index (χ3n) is 3.05. The molecule has 1 aromatic carbocycles. The zero-order chi connectivity index (χ0) is 13.8. The van der Waals surface area contributed by atoms with Crippen molar-refractivity contribution in [3.63, 3.8) is 0 Å². The number of nitrogens with one attached hydrogen (secondary N) is 1. The standard InChI is InChI=1S/C14H18ClN3O/c1-4-16-8-11-9-17-18(10(11)2)13-7-12(15)5-6-14(13)19-3/h5-7,9,16H,4,8H2,1-3H3. The molecule has 1 aromatic heterocycles. The van der Waals surface area contributed by atoms with Crippen LogP contribution in [-0.4, -0.2) is 23.4 Å². The molecule has 19 heavy (non-hydrogen) atoms. The van der Waals surface area contributed by atoms with Gasteiger partial charge in [-0.2, -0.15) is 5.10 Å². The van der Waals surface area contributed by atoms with Gasteiger partial charge in [0.25, 0.3) is 0 Å². The molecule has 1 heterocycles. The molecule has 0 saturated carbocycles. The summed E-state index contributed by atoms with van der Waals surface area (Å²) in [5.74, 6) is 0.755. The van der Waals surface area contributed by atoms with Crippen LogP contribution in [0.15, 0.2) is 24.4 Å². The highest BCUT2D eigenvalue weighted by Gasteiger charge is 2.12. The van der Waals surface area contributed by atoms with Crippen LogP contribution in [0.4, 0.5) is 0 Å². The van der Waals surface area contributed by atoms with Crippen LogP contribution >= 0.6 is 11.6 Å². The molecule has 0 aliphatic heterocycles. The van der Waals surface area contributed by atoms with Crippen LogP contribution in [0.25, 0.3) is 5.69 Å². The Hall–Kier alpha value is -1.52. The summed E-state index contributed by atoms with van der Waals surface area (Å²) >= 11 is 6.06. The molecule has 0 saturated heterocycles. The van der Waals surface area contributed by atoms with E-state index in [9.17, 15) is 0 Å². The van der Waals surface area contributed by atoms with E-state index >= 15 is 0 Å². The van der Waals surface area contributed by atoms with Crippen molar-refractivity contribution in [3.8, 4) is 11.4 Å². The summed E-state index contributed by atoms with van der Waals surface area (Å²) in [7, 11) is 1.64. The van der Waals surface area contributed by atoms with Crippen molar-refractivity contribution in [2.75, 3.05) is 13.7 Å². The predicted molar refractivity (Wildman–Crippen MR) is 77.2 cm³/mol. The lowest BCUT2D eigenvalue weighted by molar-refractivity contribution is 0.411. The van der Waals surface area contributed by atoms with Crippen LogP contribution in [0.3, 0.4) is 0 Å². The quantitative estimate of drug-likeness (QED) is 0.915. The Morgan fingerprint density at radius 3 is 2.89 bits per heavy atom. The lowest BCUT2D eigenvalue weighted by atomic mass is 10.2. The summed E-state index contributed by atoms with van der Waals surface area (Å²) in [4.78, 5) is 0. The molecule has 0 bridgehead atoms. The fourth-order valence-corrected chi connectivity index (χ4v) is 2.11. The van der Waals surface area contributed by atoms with Crippen molar-refractivity contribution >= 4 is 11.6 Å². The fourth-order valence-electron chi connectivity index (χ4n) is 1.95. The second kappa shape index (κ2) is 6.08. The van der Waals surface area contributed by atoms with Gasteiger partial charge in [-0.3, -0.25) is 0 Å². The molecule has 0 atom stereocenters. The van der Waals surface area contributed by atoms with Crippen LogP contribution < -0.4 is 10.1 Å². The zero-order valence-corrected chi connectivity index (χ0v) is 12.2. The van der Waals surface area contributed by atoms with E-state index in [4.69, 9.17) is 16.3 Å². The molecular weight excluding hydrogens is 262 g/mol. The molecule has 102 valence electrons. The molecule has 0 aliphatic carbocycles. The predicted octanol–water partition coefficient (Wildman–Crippen LogP) is 2.95. The summed E-state index contributed by atoms with van der Waals surface area (Å²) < 4.78 is 7.22. The lowest BCUT2D eigenvalue weighted by Gasteiger charge is -2.11. The smallest absolute Gasteiger partial charge is 0.144 e. The van der Waals surface area contributed by atoms with Crippen molar-refractivity contribution in [3.05, 3.63) is 40.7 Å². The molecule has 0 amide bonds. The number of halogens is 1. The van der Waals surface area contributed by atoms with E-state index in [0.717, 1.165) is 30.2 Å². The maximum Gasteiger partial charge on any atom is 0.144 e. The Labute approximate surface area is 118 Å². The number of aromatic nitrogens is 2. The normalized spacial score (nSPS) is 10.7. The van der Waals surface area contributed by atoms with Crippen LogP contribution in [-0.2, 0) is 6.54 Å². The molecule has 2 aromatic rings. The van der Waals surface area contributed by atoms with E-state index in [1.807, 2.05) is 36.0 Å². The SMILES string of the molecule is CCNCc1cnn(-c2cc(Cl)ccc2OC)c1C. The van der Waals surface area contributed by atoms with Crippen molar-refractivity contribution < 1.29 is 4.74 Å². The minimum Gasteiger partial charge on any atom is -0.494 e. The number of nitrogens with zero attached hydrogens (tertiary/aromatic N) is 2. The van der Waals surface area contributed by atoms with E-state index in [1.165, 1.54) is 5.56 Å². The van der Waals surface area contributed by atoms with Crippen LogP contribution in [0, 0.1) is 6.92 Å². The molecule has 0 radical (unpaired) electrons. The monoisotopic (exact) mass is 279 g/mol. The van der Waals surface area contributed by atoms with Gasteiger partial charge in [0.1, 0.15) is 11.4 Å². The van der Waals surface area contributed by atoms with Gasteiger partial charge < -0.3 is 10.1 Å². The van der Waals surface area contributed by atoms with Gasteiger partial charge in [-0.05, 0) is 31.7 Å². The fraction of sp³-hybridized carbons (Fsp3) is 0.357. The topological polar surface area (TPSA) is 39.1 Å². The molecule has 0 spiro atoms. The number of rotatable bonds is 5. The first-order valence-corrected chi connectivity index (χ1v) is 6.63. The van der Waals surface area contributed by atoms with Crippen molar-refractivity contribution in [1.82, 2.24) is 15.1 Å². The molecule has 2 rings (SSSR count). The van der Waals surface area contributed by atoms with Gasteiger partial charge in [-0.25, -0.2) is 4.68 Å². The van der Waals surface area contributed by atoms with Crippen LogP contribution in [0.2, 0.25) is 5.02 Å². The van der Waals surface area contributed by atoms with Gasteiger partial charge in [-0.1, -0.05) is 18.5 Å². The highest BCUT2D eigenvalue weighted by atomic mass is 35.5. The molecule has 0 unspecified atom stereocenters. The van der Waals surface area contributed by atoms with Crippen molar-refractivity contribution in [2.45, 2.75) is 20.4 Å². The number of benzene rings is 1. The summed E-state index contributed by atoms with van der Waals surface area (Å²) in [6, 6.07) is 5.52. The summed E-state index contributed by atoms with van der Waals surface area (Å²) in [5, 5.41) is 8.39. The van der Waals surface area contributed by atoms with Crippen molar-refractivity contribution in [1.29, 1.82) is 0 Å². The largest absolute Gasteiger partial charge is 0.494 e. The Morgan fingerprint density at radius 2 is 2.21 bits per heavy atom. The minimum absolute atomic E-state index is 0.666. The van der Waals surface area contributed by atoms with E-state index in [-0.39, 0.29) is 0 Å². The van der Waals surface area contributed by atoms with E-state index in [0.29, 0.717) is 5.02 Å². The van der Waals surface area contributed by atoms with Crippen molar-refractivity contribution in [2.24, 2.45) is 0 Å². The first kappa shape index (κ1) is 13.9. The maximum absolute atomic E-state index is 6.06. The minimum atomic E-state index is 0.666. The molecule has 0 fully saturated rings. The number of hydrogen-bond donors (Lipinski definition) is 1. The van der Waals surface area contributed by atoms with E-state index < -0.39 is 0 Å². The molecule has 1 N–H and O–H groups in total. The molecule has 5 heteroatoms. The van der Waals surface area contributed by atoms with Gasteiger partial charge >= 0.3 is 0 Å². The number of ether oxygens (including phenoxy) is 1. The number of methoxy groups -OCH3 is 1. The third-order valence-corrected chi connectivity index (χ3v) is 3.28. The average Bonchev–Trinajstić information content (AvgIpc) is 2.77. The maximum atomic E-state index is 6.06. The van der Waals surface area contributed by atoms with Gasteiger partial charge in [0.15, 0.2) is 0 Å². The zero-order valence-electron chi connectivity index (χ0n) is 11.4. The lowest BCUT2D eigenvalue weighted by Crippen LogP contribution is -2.12. The van der Waals surface area contributed by atoms with E-state index in [2.05, 4.69) is 17.3 Å². The Morgan fingerprint density at radius 1 is 1.42 bits per heavy atom. The molecular formula is C14H18ClN3O. The molecule has 0 aliphatic rings. The van der Waals surface area contributed by atoms with Gasteiger partial charge in [0, 0.05) is 22.8 Å². The first-order valence-electron chi connectivity index (χ1n) is 6.25. The van der Waals surface area contributed by atoms with Gasteiger partial charge in [-0.15, -0.1) is 0 Å². The Bertz CT molecular complexity index is 566.